The Hall–Kier alpha value is -10.1. The van der Waals surface area contributed by atoms with Crippen LogP contribution >= 0.6 is 0 Å². The van der Waals surface area contributed by atoms with E-state index in [1.165, 1.54) is 23.6 Å². The molecule has 2 bridgehead atoms. The van der Waals surface area contributed by atoms with E-state index in [0.29, 0.717) is 182 Å². The smallest absolute Gasteiger partial charge is 0.329 e. The maximum absolute atomic E-state index is 14.8. The zero-order chi connectivity index (χ0) is 95.6. The monoisotopic (exact) mass is 1880 g/mol. The summed E-state index contributed by atoms with van der Waals surface area (Å²) >= 11 is 0. The Bertz CT molecular complexity index is 5310. The van der Waals surface area contributed by atoms with Crippen LogP contribution in [0.15, 0.2) is 119 Å². The summed E-state index contributed by atoms with van der Waals surface area (Å²) in [7, 11) is -0.460. The highest BCUT2D eigenvalue weighted by Gasteiger charge is 2.53. The summed E-state index contributed by atoms with van der Waals surface area (Å²) in [6.45, 7) is 16.1. The van der Waals surface area contributed by atoms with Gasteiger partial charge in [0.25, 0.3) is 17.7 Å². The number of amides is 2. The van der Waals surface area contributed by atoms with Gasteiger partial charge in [0, 0.05) is 139 Å². The molecule has 38 nitrogen and oxygen atoms in total. The molecule has 12 rings (SSSR count). The fourth-order valence-corrected chi connectivity index (χ4v) is 19.3. The van der Waals surface area contributed by atoms with Gasteiger partial charge in [-0.3, -0.25) is 24.0 Å². The van der Waals surface area contributed by atoms with E-state index in [9.17, 15) is 52.5 Å². The molecule has 3 saturated heterocycles. The Kier molecular flexibility index (Phi) is 38.0. The molecule has 10 N–H and O–H groups in total. The number of cyclic esters (lactones) is 1. The number of aryl methyl sites for hydroxylation is 2. The first-order valence-electron chi connectivity index (χ1n) is 46.7. The zero-order valence-electron chi connectivity index (χ0n) is 78.1. The molecule has 1 aliphatic carbocycles. The fraction of sp³-hybridized carbons (Fsp3) is 0.600. The maximum Gasteiger partial charge on any atom is 0.329 e. The number of nitrogens with zero attached hydrogens (tertiary/aromatic N) is 13. The number of piperazine rings is 1. The van der Waals surface area contributed by atoms with Gasteiger partial charge in [0.2, 0.25) is 27.7 Å². The Morgan fingerprint density at radius 1 is 0.754 bits per heavy atom. The third-order valence-corrected chi connectivity index (χ3v) is 27.7. The summed E-state index contributed by atoms with van der Waals surface area (Å²) in [4.78, 5) is 110. The number of methoxy groups -OCH3 is 2. The number of aliphatic hydroxyl groups is 3. The van der Waals surface area contributed by atoms with E-state index in [0.717, 1.165) is 39.1 Å². The molecule has 15 atom stereocenters. The van der Waals surface area contributed by atoms with Gasteiger partial charge in [-0.05, 0) is 149 Å². The summed E-state index contributed by atoms with van der Waals surface area (Å²) < 4.78 is 91.3. The second kappa shape index (κ2) is 49.6. The van der Waals surface area contributed by atoms with E-state index >= 15 is 0 Å². The molecule has 0 spiro atoms. The minimum Gasteiger partial charge on any atom is -0.459 e. The highest BCUT2D eigenvalue weighted by molar-refractivity contribution is 7.89. The van der Waals surface area contributed by atoms with E-state index in [2.05, 4.69) is 30.6 Å². The molecule has 4 fully saturated rings. The van der Waals surface area contributed by atoms with Crippen molar-refractivity contribution in [2.24, 2.45) is 35.3 Å². The molecule has 0 unspecified atom stereocenters. The fourth-order valence-electron chi connectivity index (χ4n) is 17.9. The third-order valence-electron chi connectivity index (χ3n) is 25.9. The van der Waals surface area contributed by atoms with Crippen LogP contribution in [0, 0.1) is 29.6 Å². The molecule has 2 amide bonds. The molecule has 0 radical (unpaired) electrons. The number of ketones is 3. The summed E-state index contributed by atoms with van der Waals surface area (Å²) in [5.74, 6) is -8.58. The number of anilines is 3. The Labute approximate surface area is 781 Å². The van der Waals surface area contributed by atoms with Crippen LogP contribution in [0.5, 0.6) is 0 Å². The Morgan fingerprint density at radius 3 is 2.25 bits per heavy atom. The van der Waals surface area contributed by atoms with Crippen LogP contribution in [-0.4, -0.2) is 290 Å². The standard InChI is InChI=1S/C95H133N17O21S/c1-60-17-10-9-11-18-61(2)79(124-7)53-72-25-22-65(6)95(121,133-72)88(118)91(119)111-31-14-12-21-75(111)92(120)131-80(54-76(113)62(3)48-64(5)86(116)87(117)85(115)63(4)47-60)73(96)50-66-23-26-78(81(51-66)125-8)130-58-67-19-16-20-68(49-67)70-55-100-94(101-56-70)108-33-35-110(36-34-108)134(122,123)46-29-71-57-109(107-105-71)37-39-127-41-43-129-45-44-128-42-40-126-38-28-82(114)99-30-13-15-32-112-90-83(89(97)102-59-103-90)84(106-112)69-24-27-77-74(52-69)104-93(98)132-77/h9-11,16-20,24,27,48-49,52,55-57,59-60,62-63,65-66,72-73,75,78-81,86-87,116-117,121H,12-15,21-23,25-26,28-47,50-51,53-54,58,96H2,1-8H3,(H2,98,104)(H,99,114)(H2,97,102,103)/b11-9+,17-10+,61-18+,64-48+/t60-,62-,63-,65-,66+,72+,73-,75+,78-,79+,80+,81-,86-,87+,95-/m1/s1. The number of carbonyl (C=O) groups excluding carboxylic acids is 6. The normalized spacial score (nSPS) is 26.7. The largest absolute Gasteiger partial charge is 0.459 e. The van der Waals surface area contributed by atoms with Gasteiger partial charge in [-0.15, -0.1) is 5.10 Å². The number of oxazole rings is 1. The number of aromatic nitrogens is 10. The lowest BCUT2D eigenvalue weighted by atomic mass is 9.80. The van der Waals surface area contributed by atoms with E-state index in [1.807, 2.05) is 85.5 Å². The molecule has 1 saturated carbocycles. The number of benzene rings is 2. The number of nitrogens with two attached hydrogens (primary N) is 3. The molecule has 39 heteroatoms. The average molecular weight is 1880 g/mol. The Morgan fingerprint density at radius 2 is 1.50 bits per heavy atom. The van der Waals surface area contributed by atoms with Gasteiger partial charge < -0.3 is 94.7 Å². The van der Waals surface area contributed by atoms with Gasteiger partial charge in [-0.25, -0.2) is 42.5 Å². The average Bonchev–Trinajstić information content (AvgIpc) is 1.58. The topological polar surface area (TPSA) is 506 Å². The number of nitrogens with one attached hydrogen (secondary N) is 1. The second-order valence-corrected chi connectivity index (χ2v) is 37.9. The number of esters is 1. The van der Waals surface area contributed by atoms with E-state index < -0.39 is 105 Å². The van der Waals surface area contributed by atoms with E-state index in [-0.39, 0.29) is 119 Å². The van der Waals surface area contributed by atoms with Gasteiger partial charge in [0.05, 0.1) is 107 Å². The van der Waals surface area contributed by atoms with Crippen molar-refractivity contribution in [1.29, 1.82) is 0 Å². The number of piperidine rings is 1. The minimum absolute atomic E-state index is 0.00697. The van der Waals surface area contributed by atoms with Gasteiger partial charge >= 0.3 is 5.97 Å². The highest BCUT2D eigenvalue weighted by atomic mass is 32.2. The van der Waals surface area contributed by atoms with Crippen LogP contribution in [0.4, 0.5) is 17.8 Å². The SMILES string of the molecule is CO[C@H]1C[C@@H]2CC[C@@H](C)[C@@](O)(O2)C(=O)C(=O)N2CCCC[C@H]2C(=O)O[C@H]([C@H](N)C[C@@H]2CC[C@@H](OCc3cccc(-c4cnc(N5CCN(S(=O)(=O)CCc6cn(CCOCCOCCOCCOCCC(=O)NCCCCn7nc(-c8ccc9oc(N)nc9c8)c8c(N)ncnc87)nn6)CC5)nc4)c3)[C@H](OC)C2)CC(=O)[C@H](C)/C=C(\C)[C@@H](O)[C@@H](O)C(=O)[C@H](C)C[C@H](C)/C=C/C=C/C=C/1C. The van der Waals surface area contributed by atoms with Crippen LogP contribution < -0.4 is 27.4 Å². The first-order valence-corrected chi connectivity index (χ1v) is 48.3. The number of sulfonamides is 1. The predicted octanol–water partition coefficient (Wildman–Crippen LogP) is 7.35. The lowest BCUT2D eigenvalue weighted by molar-refractivity contribution is -0.265. The van der Waals surface area contributed by atoms with Crippen LogP contribution in [-0.2, 0) is 108 Å². The third kappa shape index (κ3) is 28.1. The van der Waals surface area contributed by atoms with Gasteiger partial charge in [-0.2, -0.15) is 14.4 Å². The van der Waals surface area contributed by atoms with E-state index in [1.54, 1.807) is 69.0 Å². The number of nitrogen functional groups attached to an aromatic ring is 2. The number of rotatable bonds is 35. The number of Topliss-reactive ketones (excluding diaryl/α,β-unsaturated/α-hetero) is 3. The Balaban J connectivity index is 0.536. The highest BCUT2D eigenvalue weighted by Crippen LogP contribution is 2.40. The summed E-state index contributed by atoms with van der Waals surface area (Å²) in [6.07, 6.45) is 17.0. The van der Waals surface area contributed by atoms with Crippen molar-refractivity contribution >= 4 is 85.1 Å². The van der Waals surface area contributed by atoms with Crippen molar-refractivity contribution in [2.45, 2.75) is 225 Å². The number of hydrogen-bond donors (Lipinski definition) is 7. The van der Waals surface area contributed by atoms with Gasteiger partial charge in [0.1, 0.15) is 53.5 Å². The molecular weight excluding hydrogens is 1750 g/mol. The number of allylic oxidation sites excluding steroid dienone is 6. The molecule has 7 aromatic rings. The van der Waals surface area contributed by atoms with Crippen LogP contribution in [0.25, 0.3) is 44.5 Å². The summed E-state index contributed by atoms with van der Waals surface area (Å²) in [6, 6.07) is 11.2. The van der Waals surface area contributed by atoms with Crippen LogP contribution in [0.1, 0.15) is 149 Å². The summed E-state index contributed by atoms with van der Waals surface area (Å²) in [5.41, 5.74) is 26.4. The maximum atomic E-state index is 14.8. The number of aliphatic hydroxyl groups excluding tert-OH is 2. The quantitative estimate of drug-likeness (QED) is 0.00883. The van der Waals surface area contributed by atoms with Gasteiger partial charge in [0.15, 0.2) is 17.0 Å². The molecule has 730 valence electrons. The second-order valence-electron chi connectivity index (χ2n) is 35.8. The lowest BCUT2D eigenvalue weighted by Gasteiger charge is -2.42. The summed E-state index contributed by atoms with van der Waals surface area (Å²) in [5, 5.41) is 51.6. The van der Waals surface area contributed by atoms with Crippen molar-refractivity contribution in [3.05, 3.63) is 126 Å². The van der Waals surface area contributed by atoms with Crippen molar-refractivity contribution in [3.63, 3.8) is 0 Å². The number of hydrogen-bond acceptors (Lipinski definition) is 33. The van der Waals surface area contributed by atoms with Crippen LogP contribution in [0.3, 0.4) is 0 Å². The number of unbranched alkanes of at least 4 members (excludes halogenated alkanes) is 1. The molecule has 5 aliphatic rings. The predicted molar refractivity (Wildman–Crippen MR) is 498 cm³/mol. The molecule has 9 heterocycles. The van der Waals surface area contributed by atoms with Gasteiger partial charge in [-0.1, -0.05) is 87.6 Å². The lowest BCUT2D eigenvalue weighted by Crippen LogP contribution is -2.61. The first kappa shape index (κ1) is 103. The van der Waals surface area contributed by atoms with Crippen molar-refractivity contribution in [1.82, 2.24) is 64.2 Å². The van der Waals surface area contributed by atoms with E-state index in [4.69, 9.17) is 79.3 Å². The molecule has 2 aromatic carbocycles. The molecular formula is C95H133N17O21S. The number of fused-ring (bicyclic) bond motifs is 5. The minimum atomic E-state index is -3.63. The zero-order valence-corrected chi connectivity index (χ0v) is 78.9. The molecule has 134 heavy (non-hydrogen) atoms. The first-order chi connectivity index (χ1) is 64.5. The van der Waals surface area contributed by atoms with Crippen molar-refractivity contribution in [2.75, 3.05) is 128 Å². The van der Waals surface area contributed by atoms with Crippen molar-refractivity contribution < 1.29 is 99.6 Å². The van der Waals surface area contributed by atoms with Crippen molar-refractivity contribution in [3.8, 4) is 22.4 Å². The molecule has 5 aromatic heterocycles. The van der Waals surface area contributed by atoms with Crippen LogP contribution in [0.2, 0.25) is 0 Å². The number of carbonyl (C=O) groups is 6. The number of ether oxygens (including phenoxy) is 9. The molecule has 4 aliphatic heterocycles.